The first-order valence-corrected chi connectivity index (χ1v) is 7.46. The molecule has 4 rings (SSSR count). The van der Waals surface area contributed by atoms with Gasteiger partial charge in [0.15, 0.2) is 11.5 Å². The Labute approximate surface area is 141 Å². The topological polar surface area (TPSA) is 79.4 Å². The predicted octanol–water partition coefficient (Wildman–Crippen LogP) is 3.75. The van der Waals surface area contributed by atoms with Crippen molar-refractivity contribution in [2.75, 3.05) is 5.32 Å². The van der Waals surface area contributed by atoms with Crippen LogP contribution in [0.3, 0.4) is 0 Å². The number of hydrogen-bond donors (Lipinski definition) is 2. The zero-order valence-electron chi connectivity index (χ0n) is 13.1. The maximum absolute atomic E-state index is 14.3. The van der Waals surface area contributed by atoms with E-state index in [1.807, 2.05) is 0 Å². The number of pyridine rings is 1. The van der Waals surface area contributed by atoms with Gasteiger partial charge in [-0.1, -0.05) is 6.07 Å². The lowest BCUT2D eigenvalue weighted by Crippen LogP contribution is -2.03. The first-order valence-electron chi connectivity index (χ1n) is 7.46. The summed E-state index contributed by atoms with van der Waals surface area (Å²) in [5.41, 5.74) is 2.29. The molecule has 0 unspecified atom stereocenters. The van der Waals surface area contributed by atoms with Crippen LogP contribution in [0.2, 0.25) is 0 Å². The highest BCUT2D eigenvalue weighted by atomic mass is 19.1. The van der Waals surface area contributed by atoms with Crippen LogP contribution in [0.1, 0.15) is 5.56 Å². The molecule has 0 fully saturated rings. The Morgan fingerprint density at radius 3 is 2.80 bits per heavy atom. The molecule has 25 heavy (non-hydrogen) atoms. The van der Waals surface area contributed by atoms with Crippen molar-refractivity contribution in [3.8, 4) is 11.3 Å². The standard InChI is InChI=1S/C17H12F2N6/c1-9-4-5-11(18)14(12(9)19)25-16-10(3-2-6-20-16)13-15-17(23-7-21-13)24-8-22-15/h2-8H,1H3,(H,20,25)(H,21,22,23,24). The molecule has 0 aliphatic rings. The van der Waals surface area contributed by atoms with E-state index in [1.54, 1.807) is 19.1 Å². The minimum Gasteiger partial charge on any atom is -0.341 e. The fourth-order valence-electron chi connectivity index (χ4n) is 2.55. The van der Waals surface area contributed by atoms with Crippen molar-refractivity contribution in [2.45, 2.75) is 6.92 Å². The summed E-state index contributed by atoms with van der Waals surface area (Å²) < 4.78 is 28.4. The summed E-state index contributed by atoms with van der Waals surface area (Å²) in [6, 6.07) is 6.06. The second kappa shape index (κ2) is 5.90. The average molecular weight is 338 g/mol. The Morgan fingerprint density at radius 2 is 1.92 bits per heavy atom. The zero-order chi connectivity index (χ0) is 17.4. The van der Waals surface area contributed by atoms with E-state index >= 15 is 0 Å². The number of H-pyrrole nitrogens is 1. The highest BCUT2D eigenvalue weighted by Gasteiger charge is 2.17. The number of hydrogen-bond acceptors (Lipinski definition) is 5. The van der Waals surface area contributed by atoms with Crippen molar-refractivity contribution in [1.82, 2.24) is 24.9 Å². The molecule has 0 saturated heterocycles. The smallest absolute Gasteiger partial charge is 0.181 e. The van der Waals surface area contributed by atoms with Crippen LogP contribution in [0.5, 0.6) is 0 Å². The molecule has 0 aliphatic carbocycles. The highest BCUT2D eigenvalue weighted by molar-refractivity contribution is 5.91. The average Bonchev–Trinajstić information content (AvgIpc) is 3.11. The molecule has 6 nitrogen and oxygen atoms in total. The molecule has 8 heteroatoms. The first kappa shape index (κ1) is 15.1. The predicted molar refractivity (Wildman–Crippen MR) is 89.3 cm³/mol. The number of fused-ring (bicyclic) bond motifs is 1. The van der Waals surface area contributed by atoms with E-state index in [4.69, 9.17) is 0 Å². The number of aromatic amines is 1. The van der Waals surface area contributed by atoms with Crippen molar-refractivity contribution in [1.29, 1.82) is 0 Å². The monoisotopic (exact) mass is 338 g/mol. The lowest BCUT2D eigenvalue weighted by Gasteiger charge is -2.13. The summed E-state index contributed by atoms with van der Waals surface area (Å²) >= 11 is 0. The normalized spacial score (nSPS) is 11.0. The summed E-state index contributed by atoms with van der Waals surface area (Å²) in [7, 11) is 0. The molecule has 0 spiro atoms. The van der Waals surface area contributed by atoms with E-state index in [0.717, 1.165) is 0 Å². The lowest BCUT2D eigenvalue weighted by atomic mass is 10.1. The van der Waals surface area contributed by atoms with Gasteiger partial charge in [0.25, 0.3) is 0 Å². The van der Waals surface area contributed by atoms with E-state index in [9.17, 15) is 8.78 Å². The SMILES string of the molecule is Cc1ccc(F)c(Nc2ncccc2-c2ncnc3nc[nH]c23)c1F. The van der Waals surface area contributed by atoms with Crippen LogP contribution in [0.25, 0.3) is 22.4 Å². The number of nitrogens with zero attached hydrogens (tertiary/aromatic N) is 4. The van der Waals surface area contributed by atoms with E-state index in [-0.39, 0.29) is 11.5 Å². The Kier molecular flexibility index (Phi) is 3.57. The second-order valence-corrected chi connectivity index (χ2v) is 5.40. The van der Waals surface area contributed by atoms with Gasteiger partial charge in [0, 0.05) is 11.8 Å². The van der Waals surface area contributed by atoms with Crippen LogP contribution in [-0.4, -0.2) is 24.9 Å². The van der Waals surface area contributed by atoms with Crippen LogP contribution in [0.4, 0.5) is 20.3 Å². The molecule has 3 aromatic heterocycles. The van der Waals surface area contributed by atoms with Crippen LogP contribution in [0, 0.1) is 18.6 Å². The minimum atomic E-state index is -0.700. The number of aryl methyl sites for hydroxylation is 1. The number of aromatic nitrogens is 5. The zero-order valence-corrected chi connectivity index (χ0v) is 13.1. The van der Waals surface area contributed by atoms with E-state index < -0.39 is 11.6 Å². The van der Waals surface area contributed by atoms with Gasteiger partial charge in [-0.2, -0.15) is 0 Å². The molecule has 0 atom stereocenters. The maximum Gasteiger partial charge on any atom is 0.181 e. The number of benzene rings is 1. The van der Waals surface area contributed by atoms with Gasteiger partial charge in [0.1, 0.15) is 34.9 Å². The quantitative estimate of drug-likeness (QED) is 0.595. The molecular weight excluding hydrogens is 326 g/mol. The van der Waals surface area contributed by atoms with Crippen molar-refractivity contribution in [2.24, 2.45) is 0 Å². The third-order valence-electron chi connectivity index (χ3n) is 3.81. The molecule has 4 aromatic rings. The minimum absolute atomic E-state index is 0.255. The van der Waals surface area contributed by atoms with Gasteiger partial charge in [-0.25, -0.2) is 28.7 Å². The number of nitrogens with one attached hydrogen (secondary N) is 2. The Bertz CT molecular complexity index is 1080. The fraction of sp³-hybridized carbons (Fsp3) is 0.0588. The van der Waals surface area contributed by atoms with Gasteiger partial charge in [-0.15, -0.1) is 0 Å². The van der Waals surface area contributed by atoms with Gasteiger partial charge < -0.3 is 10.3 Å². The lowest BCUT2D eigenvalue weighted by molar-refractivity contribution is 0.585. The van der Waals surface area contributed by atoms with E-state index in [1.165, 1.54) is 31.0 Å². The molecule has 0 saturated carbocycles. The molecule has 1 aromatic carbocycles. The Balaban J connectivity index is 1.86. The van der Waals surface area contributed by atoms with Gasteiger partial charge in [-0.3, -0.25) is 0 Å². The van der Waals surface area contributed by atoms with Crippen molar-refractivity contribution in [3.63, 3.8) is 0 Å². The van der Waals surface area contributed by atoms with Gasteiger partial charge in [0.05, 0.1) is 6.33 Å². The van der Waals surface area contributed by atoms with Crippen molar-refractivity contribution >= 4 is 22.7 Å². The molecular formula is C17H12F2N6. The molecule has 2 N–H and O–H groups in total. The summed E-state index contributed by atoms with van der Waals surface area (Å²) in [5.74, 6) is -1.08. The van der Waals surface area contributed by atoms with Crippen LogP contribution in [-0.2, 0) is 0 Å². The van der Waals surface area contributed by atoms with Crippen LogP contribution >= 0.6 is 0 Å². The molecule has 124 valence electrons. The Hall–Kier alpha value is -3.42. The number of imidazole rings is 1. The fourth-order valence-corrected chi connectivity index (χ4v) is 2.55. The number of halogens is 2. The first-order chi connectivity index (χ1) is 12.1. The molecule has 3 heterocycles. The molecule has 0 aliphatic heterocycles. The maximum atomic E-state index is 14.3. The largest absolute Gasteiger partial charge is 0.341 e. The summed E-state index contributed by atoms with van der Waals surface area (Å²) in [5, 5.41) is 2.75. The summed E-state index contributed by atoms with van der Waals surface area (Å²) in [6.07, 6.45) is 4.41. The van der Waals surface area contributed by atoms with Gasteiger partial charge in [-0.05, 0) is 30.7 Å². The van der Waals surface area contributed by atoms with Crippen molar-refractivity contribution < 1.29 is 8.78 Å². The number of anilines is 2. The highest BCUT2D eigenvalue weighted by Crippen LogP contribution is 2.32. The van der Waals surface area contributed by atoms with Crippen LogP contribution in [0.15, 0.2) is 43.1 Å². The van der Waals surface area contributed by atoms with Gasteiger partial charge >= 0.3 is 0 Å². The van der Waals surface area contributed by atoms with Crippen LogP contribution < -0.4 is 5.32 Å². The molecule has 0 bridgehead atoms. The molecule has 0 amide bonds. The van der Waals surface area contributed by atoms with Crippen molar-refractivity contribution in [3.05, 3.63) is 60.3 Å². The van der Waals surface area contributed by atoms with E-state index in [2.05, 4.69) is 30.2 Å². The molecule has 0 radical (unpaired) electrons. The Morgan fingerprint density at radius 1 is 1.04 bits per heavy atom. The third-order valence-corrected chi connectivity index (χ3v) is 3.81. The van der Waals surface area contributed by atoms with E-state index in [0.29, 0.717) is 28.0 Å². The summed E-state index contributed by atoms with van der Waals surface area (Å²) in [4.78, 5) is 19.6. The summed E-state index contributed by atoms with van der Waals surface area (Å²) in [6.45, 7) is 1.57. The van der Waals surface area contributed by atoms with Gasteiger partial charge in [0.2, 0.25) is 0 Å². The number of rotatable bonds is 3. The third kappa shape index (κ3) is 2.57. The second-order valence-electron chi connectivity index (χ2n) is 5.40.